The Labute approximate surface area is 127 Å². The second-order valence-corrected chi connectivity index (χ2v) is 5.22. The highest BCUT2D eigenvalue weighted by Gasteiger charge is 2.18. The molecule has 1 N–H and O–H groups in total. The van der Waals surface area contributed by atoms with Crippen LogP contribution in [0.4, 0.5) is 5.82 Å². The summed E-state index contributed by atoms with van der Waals surface area (Å²) < 4.78 is 0. The second-order valence-electron chi connectivity index (χ2n) is 5.22. The summed E-state index contributed by atoms with van der Waals surface area (Å²) in [6.45, 7) is 1.43. The van der Waals surface area contributed by atoms with Crippen LogP contribution in [-0.2, 0) is 16.0 Å². The number of nitrogens with zero attached hydrogens (tertiary/aromatic N) is 2. The smallest absolute Gasteiger partial charge is 0.253 e. The molecular formula is C17H15N3O2. The van der Waals surface area contributed by atoms with Gasteiger partial charge in [0, 0.05) is 13.1 Å². The SMILES string of the molecule is CC(=O)Nc1ccc(CC2C=c3ccccc3=NC2=O)cn1. The van der Waals surface area contributed by atoms with Crippen LogP contribution in [0.25, 0.3) is 6.08 Å². The monoisotopic (exact) mass is 293 g/mol. The Morgan fingerprint density at radius 3 is 2.77 bits per heavy atom. The van der Waals surface area contributed by atoms with Gasteiger partial charge in [-0.3, -0.25) is 9.59 Å². The fraction of sp³-hybridized carbons (Fsp3) is 0.176. The van der Waals surface area contributed by atoms with Crippen LogP contribution in [0.1, 0.15) is 12.5 Å². The number of carbonyl (C=O) groups excluding carboxylic acids is 2. The van der Waals surface area contributed by atoms with Gasteiger partial charge in [0.1, 0.15) is 5.82 Å². The van der Waals surface area contributed by atoms with E-state index < -0.39 is 0 Å². The highest BCUT2D eigenvalue weighted by molar-refractivity contribution is 5.87. The first-order chi connectivity index (χ1) is 10.6. The molecule has 0 aliphatic carbocycles. The van der Waals surface area contributed by atoms with Crippen molar-refractivity contribution in [1.29, 1.82) is 0 Å². The summed E-state index contributed by atoms with van der Waals surface area (Å²) in [7, 11) is 0. The van der Waals surface area contributed by atoms with Crippen molar-refractivity contribution in [2.75, 3.05) is 5.32 Å². The minimum Gasteiger partial charge on any atom is -0.311 e. The van der Waals surface area contributed by atoms with Crippen LogP contribution in [0.3, 0.4) is 0 Å². The summed E-state index contributed by atoms with van der Waals surface area (Å²) in [6, 6.07) is 11.2. The number of hydrogen-bond acceptors (Lipinski definition) is 3. The van der Waals surface area contributed by atoms with Gasteiger partial charge < -0.3 is 5.32 Å². The first-order valence-electron chi connectivity index (χ1n) is 7.04. The molecule has 22 heavy (non-hydrogen) atoms. The van der Waals surface area contributed by atoms with Gasteiger partial charge in [-0.1, -0.05) is 30.3 Å². The lowest BCUT2D eigenvalue weighted by Gasteiger charge is -2.12. The van der Waals surface area contributed by atoms with Crippen LogP contribution in [0, 0.1) is 5.92 Å². The Hall–Kier alpha value is -2.82. The van der Waals surface area contributed by atoms with E-state index in [1.165, 1.54) is 6.92 Å². The fourth-order valence-electron chi connectivity index (χ4n) is 2.42. The van der Waals surface area contributed by atoms with E-state index in [2.05, 4.69) is 15.3 Å². The molecule has 2 heterocycles. The molecular weight excluding hydrogens is 278 g/mol. The number of aromatic nitrogens is 1. The van der Waals surface area contributed by atoms with Crippen LogP contribution >= 0.6 is 0 Å². The Morgan fingerprint density at radius 1 is 1.23 bits per heavy atom. The van der Waals surface area contributed by atoms with E-state index in [1.54, 1.807) is 12.3 Å². The average Bonchev–Trinajstić information content (AvgIpc) is 2.49. The van der Waals surface area contributed by atoms with Crippen molar-refractivity contribution in [1.82, 2.24) is 4.98 Å². The summed E-state index contributed by atoms with van der Waals surface area (Å²) >= 11 is 0. The summed E-state index contributed by atoms with van der Waals surface area (Å²) in [4.78, 5) is 31.4. The highest BCUT2D eigenvalue weighted by atomic mass is 16.2. The number of benzene rings is 1. The third kappa shape index (κ3) is 3.09. The lowest BCUT2D eigenvalue weighted by Crippen LogP contribution is -2.34. The first-order valence-corrected chi connectivity index (χ1v) is 7.04. The van der Waals surface area contributed by atoms with Crippen LogP contribution in [0.15, 0.2) is 47.6 Å². The minimum atomic E-state index is -0.275. The van der Waals surface area contributed by atoms with Gasteiger partial charge in [0.2, 0.25) is 5.91 Å². The molecule has 0 bridgehead atoms. The maximum atomic E-state index is 12.1. The van der Waals surface area contributed by atoms with E-state index in [-0.39, 0.29) is 17.7 Å². The molecule has 1 aromatic heterocycles. The maximum Gasteiger partial charge on any atom is 0.253 e. The topological polar surface area (TPSA) is 71.4 Å². The third-order valence-electron chi connectivity index (χ3n) is 3.45. The number of fused-ring (bicyclic) bond motifs is 1. The molecule has 5 nitrogen and oxygen atoms in total. The molecule has 1 unspecified atom stereocenters. The lowest BCUT2D eigenvalue weighted by molar-refractivity contribution is -0.120. The predicted octanol–water partition coefficient (Wildman–Crippen LogP) is 0.839. The molecule has 2 amide bonds. The van der Waals surface area contributed by atoms with E-state index in [4.69, 9.17) is 0 Å². The van der Waals surface area contributed by atoms with Crippen LogP contribution < -0.4 is 15.9 Å². The highest BCUT2D eigenvalue weighted by Crippen LogP contribution is 2.14. The number of carbonyl (C=O) groups is 2. The molecule has 0 saturated heterocycles. The summed E-state index contributed by atoms with van der Waals surface area (Å²) in [5.41, 5.74) is 0.929. The van der Waals surface area contributed by atoms with Gasteiger partial charge in [-0.05, 0) is 29.3 Å². The first kappa shape index (κ1) is 14.1. The predicted molar refractivity (Wildman–Crippen MR) is 82.4 cm³/mol. The van der Waals surface area contributed by atoms with Gasteiger partial charge in [-0.25, -0.2) is 9.98 Å². The zero-order valence-corrected chi connectivity index (χ0v) is 12.1. The Balaban J connectivity index is 1.80. The number of anilines is 1. The molecule has 110 valence electrons. The summed E-state index contributed by atoms with van der Waals surface area (Å²) in [6.07, 6.45) is 4.17. The fourth-order valence-corrected chi connectivity index (χ4v) is 2.42. The van der Waals surface area contributed by atoms with E-state index in [0.717, 1.165) is 16.1 Å². The number of rotatable bonds is 3. The zero-order chi connectivity index (χ0) is 15.5. The van der Waals surface area contributed by atoms with Crippen LogP contribution in [0.2, 0.25) is 0 Å². The number of nitrogens with one attached hydrogen (secondary N) is 1. The zero-order valence-electron chi connectivity index (χ0n) is 12.1. The third-order valence-corrected chi connectivity index (χ3v) is 3.45. The quantitative estimate of drug-likeness (QED) is 0.911. The van der Waals surface area contributed by atoms with Crippen molar-refractivity contribution < 1.29 is 9.59 Å². The summed E-state index contributed by atoms with van der Waals surface area (Å²) in [5, 5.41) is 4.32. The number of para-hydroxylation sites is 1. The van der Waals surface area contributed by atoms with Crippen molar-refractivity contribution in [3.63, 3.8) is 0 Å². The van der Waals surface area contributed by atoms with Crippen molar-refractivity contribution in [3.8, 4) is 0 Å². The Kier molecular flexibility index (Phi) is 3.78. The van der Waals surface area contributed by atoms with Crippen molar-refractivity contribution in [2.45, 2.75) is 13.3 Å². The van der Waals surface area contributed by atoms with Gasteiger partial charge in [0.25, 0.3) is 5.91 Å². The maximum absolute atomic E-state index is 12.1. The van der Waals surface area contributed by atoms with Crippen LogP contribution in [0.5, 0.6) is 0 Å². The molecule has 0 radical (unpaired) electrons. The number of hydrogen-bond donors (Lipinski definition) is 1. The Morgan fingerprint density at radius 2 is 2.05 bits per heavy atom. The van der Waals surface area contributed by atoms with Gasteiger partial charge >= 0.3 is 0 Å². The normalized spacial score (nSPS) is 16.2. The molecule has 1 aliphatic rings. The number of pyridine rings is 1. The summed E-state index contributed by atoms with van der Waals surface area (Å²) in [5.74, 6) is -0.0652. The molecule has 0 fully saturated rings. The largest absolute Gasteiger partial charge is 0.311 e. The average molecular weight is 293 g/mol. The van der Waals surface area contributed by atoms with Gasteiger partial charge in [0.15, 0.2) is 0 Å². The van der Waals surface area contributed by atoms with E-state index in [0.29, 0.717) is 12.2 Å². The molecule has 1 aromatic carbocycles. The van der Waals surface area contributed by atoms with Crippen molar-refractivity contribution in [3.05, 3.63) is 58.7 Å². The standard InChI is InChI=1S/C17H15N3O2/c1-11(21)19-16-7-6-12(10-18-16)8-14-9-13-4-2-3-5-15(13)20-17(14)22/h2-7,9-10,14H,8H2,1H3,(H,18,19,21). The second kappa shape index (κ2) is 5.89. The lowest BCUT2D eigenvalue weighted by atomic mass is 9.96. The molecule has 2 aromatic rings. The molecule has 1 atom stereocenters. The molecule has 3 rings (SSSR count). The number of amides is 2. The van der Waals surface area contributed by atoms with Gasteiger partial charge in [-0.15, -0.1) is 0 Å². The van der Waals surface area contributed by atoms with Crippen molar-refractivity contribution >= 4 is 23.7 Å². The molecule has 0 saturated carbocycles. The molecule has 5 heteroatoms. The molecule has 0 spiro atoms. The van der Waals surface area contributed by atoms with Gasteiger partial charge in [0.05, 0.1) is 11.3 Å². The Bertz CT molecular complexity index is 841. The minimum absolute atomic E-state index is 0.135. The van der Waals surface area contributed by atoms with Crippen molar-refractivity contribution in [2.24, 2.45) is 10.9 Å². The van der Waals surface area contributed by atoms with E-state index in [1.807, 2.05) is 36.4 Å². The van der Waals surface area contributed by atoms with Gasteiger partial charge in [-0.2, -0.15) is 0 Å². The molecule has 1 aliphatic heterocycles. The van der Waals surface area contributed by atoms with E-state index in [9.17, 15) is 9.59 Å². The van der Waals surface area contributed by atoms with E-state index >= 15 is 0 Å². The van der Waals surface area contributed by atoms with Crippen LogP contribution in [-0.4, -0.2) is 16.8 Å².